The van der Waals surface area contributed by atoms with E-state index in [0.29, 0.717) is 6.61 Å². The normalized spacial score (nSPS) is 18.7. The number of anilines is 1. The van der Waals surface area contributed by atoms with Gasteiger partial charge in [0.05, 0.1) is 12.3 Å². The van der Waals surface area contributed by atoms with Crippen LogP contribution in [0.5, 0.6) is 5.75 Å². The average molecular weight is 394 g/mol. The fraction of sp³-hybridized carbons (Fsp3) is 0.458. The monoisotopic (exact) mass is 393 g/mol. The number of carbonyl (C=O) groups excluding carboxylic acids is 1. The summed E-state index contributed by atoms with van der Waals surface area (Å²) in [4.78, 5) is 20.2. The van der Waals surface area contributed by atoms with Gasteiger partial charge in [-0.15, -0.1) is 0 Å². The van der Waals surface area contributed by atoms with Crippen molar-refractivity contribution in [1.29, 1.82) is 0 Å². The molecule has 2 aliphatic heterocycles. The Morgan fingerprint density at radius 2 is 1.55 bits per heavy atom. The molecule has 5 heteroatoms. The van der Waals surface area contributed by atoms with Gasteiger partial charge in [-0.05, 0) is 37.5 Å². The molecule has 0 bridgehead atoms. The summed E-state index contributed by atoms with van der Waals surface area (Å²) in [6, 6.07) is 18.3. The van der Waals surface area contributed by atoms with E-state index >= 15 is 0 Å². The number of hydrogen-bond donors (Lipinski definition) is 0. The number of ether oxygens (including phenoxy) is 1. The third kappa shape index (κ3) is 4.40. The highest BCUT2D eigenvalue weighted by molar-refractivity contribution is 5.83. The standard InChI is InChI=1S/C24H31N3O2/c1-2-29-22-13-7-6-12-21(22)25-16-18-26(19-17-25)23(20-10-4-3-5-11-20)24(28)27-14-8-9-15-27/h3-7,10-13,23H,2,8-9,14-19H2,1H3/t23-/m1/s1. The molecule has 2 aromatic carbocycles. The molecule has 2 aromatic rings. The molecule has 0 saturated carbocycles. The lowest BCUT2D eigenvalue weighted by Gasteiger charge is -2.41. The van der Waals surface area contributed by atoms with Gasteiger partial charge in [0.1, 0.15) is 11.8 Å². The van der Waals surface area contributed by atoms with Gasteiger partial charge in [-0.2, -0.15) is 0 Å². The largest absolute Gasteiger partial charge is 0.492 e. The molecular formula is C24H31N3O2. The van der Waals surface area contributed by atoms with Crippen molar-refractivity contribution in [3.05, 3.63) is 60.2 Å². The van der Waals surface area contributed by atoms with E-state index in [1.165, 1.54) is 0 Å². The summed E-state index contributed by atoms with van der Waals surface area (Å²) in [5.74, 6) is 1.20. The second-order valence-corrected chi connectivity index (χ2v) is 7.77. The van der Waals surface area contributed by atoms with Gasteiger partial charge in [-0.25, -0.2) is 0 Å². The number of amides is 1. The van der Waals surface area contributed by atoms with Crippen LogP contribution in [0.4, 0.5) is 5.69 Å². The van der Waals surface area contributed by atoms with Gasteiger partial charge in [0.15, 0.2) is 0 Å². The molecule has 2 saturated heterocycles. The maximum Gasteiger partial charge on any atom is 0.244 e. The van der Waals surface area contributed by atoms with Gasteiger partial charge in [0.25, 0.3) is 0 Å². The van der Waals surface area contributed by atoms with Crippen LogP contribution in [0.3, 0.4) is 0 Å². The first-order valence-electron chi connectivity index (χ1n) is 10.8. The number of rotatable bonds is 6. The molecule has 0 aliphatic carbocycles. The molecule has 29 heavy (non-hydrogen) atoms. The van der Waals surface area contributed by atoms with Crippen molar-refractivity contribution in [1.82, 2.24) is 9.80 Å². The summed E-state index contributed by atoms with van der Waals surface area (Å²) in [7, 11) is 0. The number of piperazine rings is 1. The molecule has 4 rings (SSSR count). The first-order chi connectivity index (χ1) is 14.3. The predicted molar refractivity (Wildman–Crippen MR) is 116 cm³/mol. The van der Waals surface area contributed by atoms with Crippen LogP contribution in [0.25, 0.3) is 0 Å². The number of carbonyl (C=O) groups is 1. The summed E-state index contributed by atoms with van der Waals surface area (Å²) in [6.45, 7) is 7.97. The van der Waals surface area contributed by atoms with Crippen LogP contribution in [-0.4, -0.2) is 61.6 Å². The summed E-state index contributed by atoms with van der Waals surface area (Å²) >= 11 is 0. The van der Waals surface area contributed by atoms with Crippen LogP contribution >= 0.6 is 0 Å². The van der Waals surface area contributed by atoms with Crippen molar-refractivity contribution >= 4 is 11.6 Å². The first kappa shape index (κ1) is 19.8. The topological polar surface area (TPSA) is 36.0 Å². The van der Waals surface area contributed by atoms with E-state index in [4.69, 9.17) is 4.74 Å². The minimum absolute atomic E-state index is 0.182. The Balaban J connectivity index is 1.50. The summed E-state index contributed by atoms with van der Waals surface area (Å²) < 4.78 is 5.82. The quantitative estimate of drug-likeness (QED) is 0.752. The van der Waals surface area contributed by atoms with Crippen molar-refractivity contribution in [3.8, 4) is 5.75 Å². The zero-order valence-electron chi connectivity index (χ0n) is 17.3. The summed E-state index contributed by atoms with van der Waals surface area (Å²) in [5, 5.41) is 0. The molecule has 0 unspecified atom stereocenters. The Morgan fingerprint density at radius 3 is 2.24 bits per heavy atom. The van der Waals surface area contributed by atoms with Gasteiger partial charge in [0.2, 0.25) is 5.91 Å². The average Bonchev–Trinajstić information content (AvgIpc) is 3.31. The Hall–Kier alpha value is -2.53. The third-order valence-corrected chi connectivity index (χ3v) is 5.95. The predicted octanol–water partition coefficient (Wildman–Crippen LogP) is 3.57. The van der Waals surface area contributed by atoms with Gasteiger partial charge < -0.3 is 14.5 Å². The molecule has 5 nitrogen and oxygen atoms in total. The number of benzene rings is 2. The van der Waals surface area contributed by atoms with Crippen molar-refractivity contribution in [3.63, 3.8) is 0 Å². The van der Waals surface area contributed by atoms with Crippen LogP contribution in [-0.2, 0) is 4.79 Å². The third-order valence-electron chi connectivity index (χ3n) is 5.95. The van der Waals surface area contributed by atoms with Crippen LogP contribution < -0.4 is 9.64 Å². The molecule has 0 N–H and O–H groups in total. The Kier molecular flexibility index (Phi) is 6.35. The smallest absolute Gasteiger partial charge is 0.244 e. The van der Waals surface area contributed by atoms with E-state index in [9.17, 15) is 4.79 Å². The van der Waals surface area contributed by atoms with Gasteiger partial charge in [0, 0.05) is 39.3 Å². The van der Waals surface area contributed by atoms with Crippen LogP contribution in [0.1, 0.15) is 31.4 Å². The van der Waals surface area contributed by atoms with Crippen molar-refractivity contribution in [2.75, 3.05) is 50.8 Å². The molecule has 1 amide bonds. The zero-order chi connectivity index (χ0) is 20.1. The lowest BCUT2D eigenvalue weighted by atomic mass is 10.0. The van der Waals surface area contributed by atoms with E-state index in [-0.39, 0.29) is 11.9 Å². The van der Waals surface area contributed by atoms with Gasteiger partial charge >= 0.3 is 0 Å². The zero-order valence-corrected chi connectivity index (χ0v) is 17.3. The lowest BCUT2D eigenvalue weighted by Crippen LogP contribution is -2.51. The number of likely N-dealkylation sites (tertiary alicyclic amines) is 1. The molecule has 154 valence electrons. The van der Waals surface area contributed by atoms with Crippen molar-refractivity contribution in [2.24, 2.45) is 0 Å². The maximum atomic E-state index is 13.4. The van der Waals surface area contributed by atoms with Crippen LogP contribution in [0, 0.1) is 0 Å². The molecule has 0 spiro atoms. The lowest BCUT2D eigenvalue weighted by molar-refractivity contribution is -0.136. The summed E-state index contributed by atoms with van der Waals surface area (Å²) in [5.41, 5.74) is 2.25. The highest BCUT2D eigenvalue weighted by atomic mass is 16.5. The Bertz CT molecular complexity index is 797. The Morgan fingerprint density at radius 1 is 0.897 bits per heavy atom. The minimum Gasteiger partial charge on any atom is -0.492 e. The Labute approximate surface area is 173 Å². The van der Waals surface area contributed by atoms with Gasteiger partial charge in [-0.1, -0.05) is 42.5 Å². The van der Waals surface area contributed by atoms with E-state index in [1.807, 2.05) is 37.3 Å². The van der Waals surface area contributed by atoms with E-state index in [0.717, 1.165) is 69.1 Å². The highest BCUT2D eigenvalue weighted by Gasteiger charge is 2.34. The fourth-order valence-corrected chi connectivity index (χ4v) is 4.47. The van der Waals surface area contributed by atoms with Crippen molar-refractivity contribution in [2.45, 2.75) is 25.8 Å². The molecule has 2 aliphatic rings. The molecule has 0 aromatic heterocycles. The molecule has 0 radical (unpaired) electrons. The molecule has 1 atom stereocenters. The summed E-state index contributed by atoms with van der Waals surface area (Å²) in [6.07, 6.45) is 2.24. The van der Waals surface area contributed by atoms with E-state index in [2.05, 4.69) is 39.0 Å². The van der Waals surface area contributed by atoms with Crippen LogP contribution in [0.15, 0.2) is 54.6 Å². The van der Waals surface area contributed by atoms with E-state index < -0.39 is 0 Å². The molecule has 2 heterocycles. The second kappa shape index (κ2) is 9.31. The SMILES string of the molecule is CCOc1ccccc1N1CCN([C@@H](C(=O)N2CCCC2)c2ccccc2)CC1. The van der Waals surface area contributed by atoms with E-state index in [1.54, 1.807) is 0 Å². The van der Waals surface area contributed by atoms with Crippen LogP contribution in [0.2, 0.25) is 0 Å². The number of para-hydroxylation sites is 2. The van der Waals surface area contributed by atoms with Crippen molar-refractivity contribution < 1.29 is 9.53 Å². The molecular weight excluding hydrogens is 362 g/mol. The number of hydrogen-bond acceptors (Lipinski definition) is 4. The first-order valence-corrected chi connectivity index (χ1v) is 10.8. The van der Waals surface area contributed by atoms with Gasteiger partial charge in [-0.3, -0.25) is 9.69 Å². The maximum absolute atomic E-state index is 13.4. The molecule has 2 fully saturated rings. The fourth-order valence-electron chi connectivity index (χ4n) is 4.47. The minimum atomic E-state index is -0.182. The number of nitrogens with zero attached hydrogens (tertiary/aromatic N) is 3. The second-order valence-electron chi connectivity index (χ2n) is 7.77. The highest BCUT2D eigenvalue weighted by Crippen LogP contribution is 2.31.